The zero-order chi connectivity index (χ0) is 17.4. The minimum Gasteiger partial charge on any atom is -0.460 e. The van der Waals surface area contributed by atoms with E-state index in [0.29, 0.717) is 24.4 Å². The van der Waals surface area contributed by atoms with Gasteiger partial charge in [-0.05, 0) is 36.2 Å². The van der Waals surface area contributed by atoms with E-state index in [1.54, 1.807) is 0 Å². The predicted octanol–water partition coefficient (Wildman–Crippen LogP) is 4.72. The second kappa shape index (κ2) is 9.63. The molecule has 0 N–H and O–H groups in total. The van der Waals surface area contributed by atoms with E-state index >= 15 is 0 Å². The summed E-state index contributed by atoms with van der Waals surface area (Å²) in [5.74, 6) is 1.41. The molecule has 0 bridgehead atoms. The van der Waals surface area contributed by atoms with Crippen LogP contribution < -0.4 is 0 Å². The topological polar surface area (TPSA) is 35.5 Å². The third-order valence-corrected chi connectivity index (χ3v) is 4.79. The summed E-state index contributed by atoms with van der Waals surface area (Å²) >= 11 is 0. The van der Waals surface area contributed by atoms with Crippen molar-refractivity contribution in [1.82, 2.24) is 0 Å². The number of carbonyl (C=O) groups excluding carboxylic acids is 1. The van der Waals surface area contributed by atoms with Gasteiger partial charge in [0.05, 0.1) is 6.61 Å². The molecule has 1 saturated carbocycles. The van der Waals surface area contributed by atoms with Crippen LogP contribution >= 0.6 is 0 Å². The Morgan fingerprint density at radius 1 is 1.25 bits per heavy atom. The smallest absolute Gasteiger partial charge is 0.332 e. The van der Waals surface area contributed by atoms with Gasteiger partial charge in [0, 0.05) is 0 Å². The van der Waals surface area contributed by atoms with Crippen LogP contribution in [0.5, 0.6) is 0 Å². The molecular formula is C21H30O3. The van der Waals surface area contributed by atoms with Crippen molar-refractivity contribution in [1.29, 1.82) is 0 Å². The maximum atomic E-state index is 12.0. The zero-order valence-corrected chi connectivity index (χ0v) is 15.1. The summed E-state index contributed by atoms with van der Waals surface area (Å²) in [7, 11) is 0. The fourth-order valence-electron chi connectivity index (χ4n) is 3.41. The van der Waals surface area contributed by atoms with E-state index in [9.17, 15) is 4.79 Å². The van der Waals surface area contributed by atoms with Gasteiger partial charge in [-0.25, -0.2) is 4.79 Å². The number of hydrogen-bond acceptors (Lipinski definition) is 3. The first-order chi connectivity index (χ1) is 11.6. The molecule has 2 rings (SSSR count). The molecule has 1 aliphatic rings. The van der Waals surface area contributed by atoms with Gasteiger partial charge in [0.15, 0.2) is 0 Å². The summed E-state index contributed by atoms with van der Waals surface area (Å²) in [6.07, 6.45) is 7.31. The third kappa shape index (κ3) is 6.12. The first-order valence-electron chi connectivity index (χ1n) is 9.05. The lowest BCUT2D eigenvalue weighted by Crippen LogP contribution is -2.36. The Hall–Kier alpha value is -1.61. The molecule has 0 unspecified atom stereocenters. The van der Waals surface area contributed by atoms with Crippen LogP contribution in [-0.2, 0) is 14.3 Å². The van der Waals surface area contributed by atoms with E-state index in [2.05, 4.69) is 20.8 Å². The monoisotopic (exact) mass is 330 g/mol. The molecule has 0 heterocycles. The van der Waals surface area contributed by atoms with Gasteiger partial charge < -0.3 is 9.47 Å². The Morgan fingerprint density at radius 3 is 2.71 bits per heavy atom. The van der Waals surface area contributed by atoms with Gasteiger partial charge in [-0.2, -0.15) is 0 Å². The molecule has 1 aromatic rings. The predicted molar refractivity (Wildman–Crippen MR) is 97.5 cm³/mol. The Morgan fingerprint density at radius 2 is 2.00 bits per heavy atom. The van der Waals surface area contributed by atoms with Crippen LogP contribution in [-0.4, -0.2) is 25.3 Å². The lowest BCUT2D eigenvalue weighted by molar-refractivity contribution is -0.160. The number of carbonyl (C=O) groups is 1. The molecule has 0 aliphatic heterocycles. The summed E-state index contributed by atoms with van der Waals surface area (Å²) in [5.41, 5.74) is 1.12. The summed E-state index contributed by atoms with van der Waals surface area (Å²) in [6, 6.07) is 10.0. The molecule has 3 atom stereocenters. The van der Waals surface area contributed by atoms with E-state index in [-0.39, 0.29) is 18.7 Å². The quantitative estimate of drug-likeness (QED) is 0.536. The highest BCUT2D eigenvalue weighted by Gasteiger charge is 2.33. The summed E-state index contributed by atoms with van der Waals surface area (Å²) in [4.78, 5) is 12.0. The van der Waals surface area contributed by atoms with Crippen LogP contribution in [0.15, 0.2) is 36.4 Å². The fraction of sp³-hybridized carbons (Fsp3) is 0.571. The molecular weight excluding hydrogens is 300 g/mol. The van der Waals surface area contributed by atoms with Crippen LogP contribution in [0.4, 0.5) is 0 Å². The summed E-state index contributed by atoms with van der Waals surface area (Å²) in [5, 5.41) is 0. The van der Waals surface area contributed by atoms with Gasteiger partial charge in [0.2, 0.25) is 0 Å². The lowest BCUT2D eigenvalue weighted by atomic mass is 9.75. The molecule has 1 fully saturated rings. The van der Waals surface area contributed by atoms with E-state index in [1.807, 2.05) is 42.5 Å². The van der Waals surface area contributed by atoms with Crippen molar-refractivity contribution in [2.75, 3.05) is 13.2 Å². The normalized spacial score (nSPS) is 24.4. The fourth-order valence-corrected chi connectivity index (χ4v) is 3.41. The van der Waals surface area contributed by atoms with Crippen LogP contribution in [0.2, 0.25) is 0 Å². The number of rotatable bonds is 7. The standard InChI is InChI=1S/C21H30O3/c1-16(2)19-12-11-17(3)14-20(19)24-21(22)15-23-13-7-10-18-8-5-4-6-9-18/h4-10,16-17,19-20H,11-15H2,1-3H3/b10-7+/t17-,19+,20-/m1/s1. The van der Waals surface area contributed by atoms with Gasteiger partial charge in [-0.3, -0.25) is 0 Å². The zero-order valence-electron chi connectivity index (χ0n) is 15.1. The number of ether oxygens (including phenoxy) is 2. The third-order valence-electron chi connectivity index (χ3n) is 4.79. The van der Waals surface area contributed by atoms with Gasteiger partial charge >= 0.3 is 5.97 Å². The van der Waals surface area contributed by atoms with Crippen LogP contribution in [0.3, 0.4) is 0 Å². The van der Waals surface area contributed by atoms with Crippen LogP contribution in [0.1, 0.15) is 45.6 Å². The minimum absolute atomic E-state index is 0.0226. The van der Waals surface area contributed by atoms with Gasteiger partial charge in [-0.15, -0.1) is 0 Å². The number of hydrogen-bond donors (Lipinski definition) is 0. The Bertz CT molecular complexity index is 521. The molecule has 24 heavy (non-hydrogen) atoms. The minimum atomic E-state index is -0.243. The van der Waals surface area contributed by atoms with E-state index in [4.69, 9.17) is 9.47 Å². The number of benzene rings is 1. The SMILES string of the molecule is CC(C)[C@@H]1CC[C@@H](C)C[C@H]1OC(=O)COC/C=C/c1ccccc1. The second-order valence-electron chi connectivity index (χ2n) is 7.18. The van der Waals surface area contributed by atoms with Crippen molar-refractivity contribution in [3.8, 4) is 0 Å². The molecule has 0 saturated heterocycles. The van der Waals surface area contributed by atoms with Crippen LogP contribution in [0, 0.1) is 17.8 Å². The van der Waals surface area contributed by atoms with Crippen molar-refractivity contribution < 1.29 is 14.3 Å². The highest BCUT2D eigenvalue weighted by atomic mass is 16.6. The Kier molecular flexibility index (Phi) is 7.51. The van der Waals surface area contributed by atoms with Crippen molar-refractivity contribution in [2.24, 2.45) is 17.8 Å². The molecule has 0 aromatic heterocycles. The van der Waals surface area contributed by atoms with E-state index < -0.39 is 0 Å². The van der Waals surface area contributed by atoms with Gasteiger partial charge in [-0.1, -0.05) is 69.7 Å². The van der Waals surface area contributed by atoms with Gasteiger partial charge in [0.1, 0.15) is 12.7 Å². The first kappa shape index (κ1) is 18.7. The van der Waals surface area contributed by atoms with E-state index in [1.165, 1.54) is 6.42 Å². The van der Waals surface area contributed by atoms with Gasteiger partial charge in [0.25, 0.3) is 0 Å². The molecule has 0 amide bonds. The molecule has 132 valence electrons. The van der Waals surface area contributed by atoms with Crippen molar-refractivity contribution in [3.05, 3.63) is 42.0 Å². The average Bonchev–Trinajstić information content (AvgIpc) is 2.55. The largest absolute Gasteiger partial charge is 0.460 e. The molecule has 1 aliphatic carbocycles. The molecule has 1 aromatic carbocycles. The highest BCUT2D eigenvalue weighted by Crippen LogP contribution is 2.35. The Labute approximate surface area is 146 Å². The number of esters is 1. The summed E-state index contributed by atoms with van der Waals surface area (Å²) in [6.45, 7) is 7.11. The maximum Gasteiger partial charge on any atom is 0.332 e. The maximum absolute atomic E-state index is 12.0. The average molecular weight is 330 g/mol. The molecule has 0 radical (unpaired) electrons. The molecule has 0 spiro atoms. The van der Waals surface area contributed by atoms with Crippen molar-refractivity contribution in [2.45, 2.75) is 46.1 Å². The van der Waals surface area contributed by atoms with Crippen LogP contribution in [0.25, 0.3) is 6.08 Å². The van der Waals surface area contributed by atoms with Crippen molar-refractivity contribution >= 4 is 12.0 Å². The lowest BCUT2D eigenvalue weighted by Gasteiger charge is -2.36. The molecule has 3 heteroatoms. The second-order valence-corrected chi connectivity index (χ2v) is 7.18. The Balaban J connectivity index is 1.71. The molecule has 3 nitrogen and oxygen atoms in total. The highest BCUT2D eigenvalue weighted by molar-refractivity contribution is 5.71. The first-order valence-corrected chi connectivity index (χ1v) is 9.05. The summed E-state index contributed by atoms with van der Waals surface area (Å²) < 4.78 is 11.1. The van der Waals surface area contributed by atoms with E-state index in [0.717, 1.165) is 18.4 Å². The van der Waals surface area contributed by atoms with Crippen molar-refractivity contribution in [3.63, 3.8) is 0 Å².